The molecule has 0 N–H and O–H groups in total. The van der Waals surface area contributed by atoms with Crippen LogP contribution in [-0.4, -0.2) is 6.67 Å². The van der Waals surface area contributed by atoms with Crippen molar-refractivity contribution in [1.82, 2.24) is 0 Å². The highest BCUT2D eigenvalue weighted by Gasteiger charge is 2.41. The molecule has 2 aliphatic rings. The minimum Gasteiger partial charge on any atom is -0.346 e. The fraction of sp³-hybridized carbons (Fsp3) is 0.226. The molecule has 0 unspecified atom stereocenters. The van der Waals surface area contributed by atoms with Crippen molar-refractivity contribution in [3.63, 3.8) is 0 Å². The molecule has 2 heterocycles. The van der Waals surface area contributed by atoms with Crippen LogP contribution in [0.1, 0.15) is 45.5 Å². The first-order valence-corrected chi connectivity index (χ1v) is 12.0. The van der Waals surface area contributed by atoms with Crippen LogP contribution in [0.3, 0.4) is 0 Å². The highest BCUT2D eigenvalue weighted by Crippen LogP contribution is 2.50. The average molecular weight is 431 g/mol. The summed E-state index contributed by atoms with van der Waals surface area (Å²) in [6, 6.07) is 36.7. The summed E-state index contributed by atoms with van der Waals surface area (Å²) in [6.45, 7) is 5.36. The number of fused-ring (bicyclic) bond motifs is 6. The first-order chi connectivity index (χ1) is 16.2. The zero-order valence-electron chi connectivity index (χ0n) is 19.4. The second kappa shape index (κ2) is 8.12. The molecule has 0 radical (unpaired) electrons. The van der Waals surface area contributed by atoms with Gasteiger partial charge in [-0.25, -0.2) is 0 Å². The van der Waals surface area contributed by atoms with E-state index in [1.807, 2.05) is 0 Å². The number of hydrogen-bond acceptors (Lipinski definition) is 2. The van der Waals surface area contributed by atoms with E-state index in [0.29, 0.717) is 12.1 Å². The van der Waals surface area contributed by atoms with Crippen molar-refractivity contribution < 1.29 is 0 Å². The van der Waals surface area contributed by atoms with Gasteiger partial charge in [0.15, 0.2) is 0 Å². The fourth-order valence-corrected chi connectivity index (χ4v) is 5.70. The molecule has 2 bridgehead atoms. The quantitative estimate of drug-likeness (QED) is 0.339. The van der Waals surface area contributed by atoms with Gasteiger partial charge in [0, 0.05) is 11.4 Å². The lowest BCUT2D eigenvalue weighted by molar-refractivity contribution is 0.491. The number of anilines is 2. The van der Waals surface area contributed by atoms with Crippen molar-refractivity contribution >= 4 is 11.4 Å². The fourth-order valence-electron chi connectivity index (χ4n) is 5.70. The molecule has 33 heavy (non-hydrogen) atoms. The highest BCUT2D eigenvalue weighted by atomic mass is 15.4. The van der Waals surface area contributed by atoms with E-state index in [2.05, 4.69) is 121 Å². The van der Waals surface area contributed by atoms with Crippen LogP contribution in [0, 0.1) is 13.8 Å². The summed E-state index contributed by atoms with van der Waals surface area (Å²) in [6.07, 6.45) is 2.03. The van der Waals surface area contributed by atoms with E-state index >= 15 is 0 Å². The Hall–Kier alpha value is -3.52. The largest absolute Gasteiger partial charge is 0.346 e. The zero-order valence-corrected chi connectivity index (χ0v) is 19.4. The molecule has 0 amide bonds. The number of nitrogens with zero attached hydrogens (tertiary/aromatic N) is 2. The topological polar surface area (TPSA) is 6.48 Å². The zero-order chi connectivity index (χ0) is 22.4. The van der Waals surface area contributed by atoms with E-state index in [1.165, 1.54) is 44.8 Å². The summed E-state index contributed by atoms with van der Waals surface area (Å²) in [7, 11) is 0. The van der Waals surface area contributed by atoms with Crippen molar-refractivity contribution in [3.8, 4) is 0 Å². The molecule has 164 valence electrons. The normalized spacial score (nSPS) is 18.6. The average Bonchev–Trinajstić information content (AvgIpc) is 2.84. The Morgan fingerprint density at radius 2 is 1.00 bits per heavy atom. The maximum Gasteiger partial charge on any atom is 0.0915 e. The third-order valence-corrected chi connectivity index (χ3v) is 7.30. The number of benzene rings is 4. The van der Waals surface area contributed by atoms with Gasteiger partial charge in [0.25, 0.3) is 0 Å². The van der Waals surface area contributed by atoms with E-state index in [-0.39, 0.29) is 0 Å². The molecule has 0 spiro atoms. The molecule has 4 aromatic carbocycles. The van der Waals surface area contributed by atoms with E-state index < -0.39 is 0 Å². The second-order valence-electron chi connectivity index (χ2n) is 9.62. The predicted octanol–water partition coefficient (Wildman–Crippen LogP) is 7.17. The third-order valence-electron chi connectivity index (χ3n) is 7.30. The molecule has 6 rings (SSSR count). The van der Waals surface area contributed by atoms with Crippen LogP contribution in [0.2, 0.25) is 0 Å². The summed E-state index contributed by atoms with van der Waals surface area (Å²) in [4.78, 5) is 5.29. The van der Waals surface area contributed by atoms with Crippen molar-refractivity contribution in [3.05, 3.63) is 130 Å². The Morgan fingerprint density at radius 3 is 1.42 bits per heavy atom. The van der Waals surface area contributed by atoms with E-state index in [4.69, 9.17) is 0 Å². The van der Waals surface area contributed by atoms with Crippen molar-refractivity contribution in [2.24, 2.45) is 0 Å². The lowest BCUT2D eigenvalue weighted by Crippen LogP contribution is -2.51. The van der Waals surface area contributed by atoms with Crippen molar-refractivity contribution in [2.75, 3.05) is 16.5 Å². The summed E-state index contributed by atoms with van der Waals surface area (Å²) in [5.41, 5.74) is 11.1. The van der Waals surface area contributed by atoms with Crippen LogP contribution in [-0.2, 0) is 12.8 Å². The van der Waals surface area contributed by atoms with Gasteiger partial charge in [-0.3, -0.25) is 0 Å². The molecule has 0 fully saturated rings. The Kier molecular flexibility index (Phi) is 4.95. The SMILES string of the molecule is Cc1ccc2c(c1)[C@H](Cc1ccccc1)N1CN2[C@@H](Cc2ccccc2)c2cc(C)ccc21. The van der Waals surface area contributed by atoms with E-state index in [9.17, 15) is 0 Å². The lowest BCUT2D eigenvalue weighted by Gasteiger charge is -2.53. The Labute approximate surface area is 197 Å². The minimum atomic E-state index is 0.331. The van der Waals surface area contributed by atoms with Crippen LogP contribution in [0.25, 0.3) is 0 Å². The Morgan fingerprint density at radius 1 is 0.576 bits per heavy atom. The standard InChI is InChI=1S/C31H30N2/c1-22-13-15-28-26(17-22)30(19-24-9-5-3-6-10-24)33-21-32(28)31(20-25-11-7-4-8-12-25)27-18-23(2)14-16-29(27)33/h3-18,30-31H,19-21H2,1-2H3/t30-,31-/m0/s1. The molecule has 2 nitrogen and oxygen atoms in total. The molecule has 0 saturated heterocycles. The molecular formula is C31H30N2. The van der Waals surface area contributed by atoms with Crippen LogP contribution in [0.15, 0.2) is 97.1 Å². The van der Waals surface area contributed by atoms with Gasteiger partial charge in [0.1, 0.15) is 0 Å². The Balaban J connectivity index is 1.51. The molecule has 4 aromatic rings. The van der Waals surface area contributed by atoms with Crippen molar-refractivity contribution in [1.29, 1.82) is 0 Å². The highest BCUT2D eigenvalue weighted by molar-refractivity contribution is 5.72. The molecule has 2 aliphatic heterocycles. The van der Waals surface area contributed by atoms with Crippen LogP contribution in [0.5, 0.6) is 0 Å². The maximum atomic E-state index is 2.64. The minimum absolute atomic E-state index is 0.331. The summed E-state index contributed by atoms with van der Waals surface area (Å²) < 4.78 is 0. The first kappa shape index (κ1) is 20.1. The molecule has 2 heteroatoms. The van der Waals surface area contributed by atoms with Gasteiger partial charge in [0.05, 0.1) is 18.8 Å². The molecule has 0 saturated carbocycles. The van der Waals surface area contributed by atoms with Gasteiger partial charge in [-0.2, -0.15) is 0 Å². The van der Waals surface area contributed by atoms with Gasteiger partial charge >= 0.3 is 0 Å². The number of rotatable bonds is 4. The summed E-state index contributed by atoms with van der Waals surface area (Å²) in [5, 5.41) is 0. The molecule has 0 aliphatic carbocycles. The smallest absolute Gasteiger partial charge is 0.0915 e. The number of hydrogen-bond donors (Lipinski definition) is 0. The van der Waals surface area contributed by atoms with Crippen LogP contribution < -0.4 is 9.80 Å². The Bertz CT molecular complexity index is 1180. The second-order valence-corrected chi connectivity index (χ2v) is 9.62. The number of aryl methyl sites for hydroxylation is 2. The third kappa shape index (κ3) is 3.60. The van der Waals surface area contributed by atoms with Crippen molar-refractivity contribution in [2.45, 2.75) is 38.8 Å². The lowest BCUT2D eigenvalue weighted by atomic mass is 9.85. The molecule has 0 aromatic heterocycles. The van der Waals surface area contributed by atoms with Gasteiger partial charge in [-0.15, -0.1) is 0 Å². The summed E-state index contributed by atoms with van der Waals surface area (Å²) in [5.74, 6) is 0. The predicted molar refractivity (Wildman–Crippen MR) is 138 cm³/mol. The van der Waals surface area contributed by atoms with Gasteiger partial charge < -0.3 is 9.80 Å². The van der Waals surface area contributed by atoms with Gasteiger partial charge in [0.2, 0.25) is 0 Å². The van der Waals surface area contributed by atoms with Crippen LogP contribution >= 0.6 is 0 Å². The monoisotopic (exact) mass is 430 g/mol. The maximum absolute atomic E-state index is 2.64. The van der Waals surface area contributed by atoms with E-state index in [1.54, 1.807) is 0 Å². The summed E-state index contributed by atoms with van der Waals surface area (Å²) >= 11 is 0. The molecule has 2 atom stereocenters. The molecular weight excluding hydrogens is 400 g/mol. The van der Waals surface area contributed by atoms with Crippen LogP contribution in [0.4, 0.5) is 11.4 Å². The first-order valence-electron chi connectivity index (χ1n) is 12.0. The van der Waals surface area contributed by atoms with Gasteiger partial charge in [-0.1, -0.05) is 96.1 Å². The van der Waals surface area contributed by atoms with E-state index in [0.717, 1.165) is 19.5 Å². The van der Waals surface area contributed by atoms with Gasteiger partial charge in [-0.05, 0) is 61.1 Å².